The predicted octanol–water partition coefficient (Wildman–Crippen LogP) is 2.74. The zero-order valence-electron chi connectivity index (χ0n) is 12.0. The molecule has 0 aliphatic rings. The number of carbonyl (C=O) groups is 1. The van der Waals surface area contributed by atoms with E-state index in [4.69, 9.17) is 15.2 Å². The van der Waals surface area contributed by atoms with Crippen molar-refractivity contribution < 1.29 is 14.3 Å². The molecule has 2 aromatic heterocycles. The summed E-state index contributed by atoms with van der Waals surface area (Å²) < 4.78 is 10.6. The highest BCUT2D eigenvalue weighted by atomic mass is 32.1. The fraction of sp³-hybridized carbons (Fsp3) is 0.133. The Labute approximate surface area is 130 Å². The lowest BCUT2D eigenvalue weighted by Crippen LogP contribution is -2.02. The lowest BCUT2D eigenvalue weighted by atomic mass is 10.1. The van der Waals surface area contributed by atoms with Gasteiger partial charge in [0.1, 0.15) is 5.75 Å². The Morgan fingerprint density at radius 3 is 2.55 bits per heavy atom. The highest BCUT2D eigenvalue weighted by Gasteiger charge is 2.17. The number of pyridine rings is 1. The number of hydrogen-bond acceptors (Lipinski definition) is 7. The van der Waals surface area contributed by atoms with Crippen molar-refractivity contribution in [3.63, 3.8) is 0 Å². The van der Waals surface area contributed by atoms with Crippen LogP contribution in [-0.4, -0.2) is 30.2 Å². The van der Waals surface area contributed by atoms with Crippen LogP contribution in [0.3, 0.4) is 0 Å². The largest absolute Gasteiger partial charge is 0.497 e. The number of thiazole rings is 1. The zero-order chi connectivity index (χ0) is 15.7. The minimum absolute atomic E-state index is 0.361. The van der Waals surface area contributed by atoms with Crippen molar-refractivity contribution in [1.82, 2.24) is 9.97 Å². The second-order valence-corrected chi connectivity index (χ2v) is 5.51. The Hall–Kier alpha value is -2.67. The maximum Gasteiger partial charge on any atom is 0.339 e. The second kappa shape index (κ2) is 5.61. The molecule has 2 N–H and O–H groups in total. The van der Waals surface area contributed by atoms with Gasteiger partial charge in [0.05, 0.1) is 30.2 Å². The molecule has 0 atom stereocenters. The van der Waals surface area contributed by atoms with E-state index in [1.165, 1.54) is 18.4 Å². The molecule has 7 heteroatoms. The fourth-order valence-corrected chi connectivity index (χ4v) is 2.88. The first kappa shape index (κ1) is 14.3. The summed E-state index contributed by atoms with van der Waals surface area (Å²) in [6, 6.07) is 9.07. The molecule has 2 heterocycles. The smallest absolute Gasteiger partial charge is 0.339 e. The molecule has 3 aromatic rings. The number of rotatable bonds is 3. The van der Waals surface area contributed by atoms with Crippen LogP contribution >= 0.6 is 11.3 Å². The first-order valence-corrected chi connectivity index (χ1v) is 7.24. The van der Waals surface area contributed by atoms with E-state index in [0.717, 1.165) is 11.3 Å². The molecule has 0 radical (unpaired) electrons. The number of nitrogens with two attached hydrogens (primary N) is 1. The maximum atomic E-state index is 12.0. The fourth-order valence-electron chi connectivity index (χ4n) is 2.10. The minimum Gasteiger partial charge on any atom is -0.497 e. The van der Waals surface area contributed by atoms with Crippen LogP contribution in [0, 0.1) is 0 Å². The third kappa shape index (κ3) is 2.46. The van der Waals surface area contributed by atoms with Gasteiger partial charge < -0.3 is 15.2 Å². The molecule has 0 aliphatic heterocycles. The summed E-state index contributed by atoms with van der Waals surface area (Å²) in [5.41, 5.74) is 8.05. The Balaban J connectivity index is 2.18. The van der Waals surface area contributed by atoms with Gasteiger partial charge in [-0.25, -0.2) is 14.8 Å². The molecule has 1 aromatic carbocycles. The summed E-state index contributed by atoms with van der Waals surface area (Å²) in [7, 11) is 2.94. The van der Waals surface area contributed by atoms with E-state index in [9.17, 15) is 4.79 Å². The van der Waals surface area contributed by atoms with Crippen molar-refractivity contribution in [1.29, 1.82) is 0 Å². The Bertz CT molecular complexity index is 843. The van der Waals surface area contributed by atoms with Gasteiger partial charge in [-0.2, -0.15) is 0 Å². The standard InChI is InChI=1S/C15H13N3O3S/c1-20-9-5-3-8(4-6-9)11-7-10(14(19)21-2)12-13(17-11)18-15(16)22-12/h3-7H,1-2H3,(H2,16,17,18). The van der Waals surface area contributed by atoms with E-state index < -0.39 is 5.97 Å². The molecule has 0 saturated carbocycles. The van der Waals surface area contributed by atoms with Crippen LogP contribution in [-0.2, 0) is 4.74 Å². The molecule has 0 aliphatic carbocycles. The van der Waals surface area contributed by atoms with Crippen LogP contribution in [0.1, 0.15) is 10.4 Å². The number of methoxy groups -OCH3 is 2. The van der Waals surface area contributed by atoms with Crippen molar-refractivity contribution in [2.24, 2.45) is 0 Å². The number of ether oxygens (including phenoxy) is 2. The topological polar surface area (TPSA) is 87.3 Å². The zero-order valence-corrected chi connectivity index (χ0v) is 12.8. The molecule has 22 heavy (non-hydrogen) atoms. The van der Waals surface area contributed by atoms with Crippen LogP contribution in [0.2, 0.25) is 0 Å². The van der Waals surface area contributed by atoms with E-state index in [0.29, 0.717) is 26.7 Å². The number of nitrogen functional groups attached to an aromatic ring is 1. The van der Waals surface area contributed by atoms with Crippen molar-refractivity contribution >= 4 is 32.8 Å². The Morgan fingerprint density at radius 2 is 1.91 bits per heavy atom. The molecule has 0 saturated heterocycles. The summed E-state index contributed by atoms with van der Waals surface area (Å²) in [4.78, 5) is 20.6. The van der Waals surface area contributed by atoms with E-state index in [2.05, 4.69) is 9.97 Å². The molecular weight excluding hydrogens is 302 g/mol. The number of fused-ring (bicyclic) bond motifs is 1. The van der Waals surface area contributed by atoms with Crippen molar-refractivity contribution in [2.75, 3.05) is 20.0 Å². The second-order valence-electron chi connectivity index (χ2n) is 4.48. The number of esters is 1. The van der Waals surface area contributed by atoms with E-state index >= 15 is 0 Å². The summed E-state index contributed by atoms with van der Waals surface area (Å²) in [6.45, 7) is 0. The van der Waals surface area contributed by atoms with Crippen LogP contribution in [0.25, 0.3) is 21.6 Å². The molecule has 0 fully saturated rings. The maximum absolute atomic E-state index is 12.0. The first-order chi connectivity index (χ1) is 10.6. The normalized spacial score (nSPS) is 10.6. The van der Waals surface area contributed by atoms with Crippen LogP contribution in [0.5, 0.6) is 5.75 Å². The average Bonchev–Trinajstić information content (AvgIpc) is 2.93. The monoisotopic (exact) mass is 315 g/mol. The number of carbonyl (C=O) groups excluding carboxylic acids is 1. The van der Waals surface area contributed by atoms with Crippen LogP contribution < -0.4 is 10.5 Å². The number of hydrogen-bond donors (Lipinski definition) is 1. The van der Waals surface area contributed by atoms with Gasteiger partial charge in [-0.1, -0.05) is 11.3 Å². The van der Waals surface area contributed by atoms with Gasteiger partial charge in [-0.15, -0.1) is 0 Å². The third-order valence-electron chi connectivity index (χ3n) is 3.17. The molecule has 0 unspecified atom stereocenters. The van der Waals surface area contributed by atoms with E-state index in [1.807, 2.05) is 24.3 Å². The van der Waals surface area contributed by atoms with Gasteiger partial charge in [0.15, 0.2) is 10.8 Å². The van der Waals surface area contributed by atoms with Gasteiger partial charge in [0.2, 0.25) is 0 Å². The summed E-state index contributed by atoms with van der Waals surface area (Å²) >= 11 is 1.22. The lowest BCUT2D eigenvalue weighted by molar-refractivity contribution is 0.0603. The van der Waals surface area contributed by atoms with Gasteiger partial charge >= 0.3 is 5.97 Å². The Morgan fingerprint density at radius 1 is 1.18 bits per heavy atom. The predicted molar refractivity (Wildman–Crippen MR) is 85.2 cm³/mol. The number of aromatic nitrogens is 2. The molecule has 0 amide bonds. The van der Waals surface area contributed by atoms with E-state index in [-0.39, 0.29) is 0 Å². The quantitative estimate of drug-likeness (QED) is 0.748. The minimum atomic E-state index is -0.439. The lowest BCUT2D eigenvalue weighted by Gasteiger charge is -2.06. The van der Waals surface area contributed by atoms with Crippen molar-refractivity contribution in [2.45, 2.75) is 0 Å². The summed E-state index contributed by atoms with van der Waals surface area (Å²) in [5, 5.41) is 0.361. The van der Waals surface area contributed by atoms with Gasteiger partial charge in [-0.05, 0) is 30.3 Å². The number of anilines is 1. The van der Waals surface area contributed by atoms with Gasteiger partial charge in [0, 0.05) is 5.56 Å². The average molecular weight is 315 g/mol. The highest BCUT2D eigenvalue weighted by molar-refractivity contribution is 7.22. The molecule has 0 spiro atoms. The van der Waals surface area contributed by atoms with Crippen molar-refractivity contribution in [3.8, 4) is 17.0 Å². The van der Waals surface area contributed by atoms with Gasteiger partial charge in [-0.3, -0.25) is 0 Å². The van der Waals surface area contributed by atoms with Crippen LogP contribution in [0.4, 0.5) is 5.13 Å². The Kier molecular flexibility index (Phi) is 3.64. The SMILES string of the molecule is COC(=O)c1cc(-c2ccc(OC)cc2)nc2nc(N)sc12. The molecule has 0 bridgehead atoms. The molecule has 3 rings (SSSR count). The molecule has 6 nitrogen and oxygen atoms in total. The van der Waals surface area contributed by atoms with E-state index in [1.54, 1.807) is 13.2 Å². The van der Waals surface area contributed by atoms with Crippen LogP contribution in [0.15, 0.2) is 30.3 Å². The van der Waals surface area contributed by atoms with Gasteiger partial charge in [0.25, 0.3) is 0 Å². The first-order valence-electron chi connectivity index (χ1n) is 6.42. The third-order valence-corrected chi connectivity index (χ3v) is 4.08. The summed E-state index contributed by atoms with van der Waals surface area (Å²) in [6.07, 6.45) is 0. The highest BCUT2D eigenvalue weighted by Crippen LogP contribution is 2.31. The number of nitrogens with zero attached hydrogens (tertiary/aromatic N) is 2. The summed E-state index contributed by atoms with van der Waals surface area (Å²) in [5.74, 6) is 0.307. The number of benzene rings is 1. The molecular formula is C15H13N3O3S. The molecule has 112 valence electrons. The van der Waals surface area contributed by atoms with Crippen molar-refractivity contribution in [3.05, 3.63) is 35.9 Å².